The van der Waals surface area contributed by atoms with Crippen LogP contribution in [0.25, 0.3) is 10.9 Å². The maximum atomic E-state index is 13.0. The van der Waals surface area contributed by atoms with Gasteiger partial charge in [0.1, 0.15) is 0 Å². The standard InChI is InChI=1S/C27H35N3O3S/c1-19(27(2,3)4)26(31)30-15-13-20(14-16-30)24-18-29(5)25-12-11-21(17-23(24)25)28-34(32,33)22-9-7-6-8-10-22/h6-12,17-20,28H,13-16H2,1-5H3/t19-/m0/s1. The number of hydrogen-bond donors (Lipinski definition) is 1. The Labute approximate surface area is 203 Å². The van der Waals surface area contributed by atoms with E-state index in [0.29, 0.717) is 11.6 Å². The van der Waals surface area contributed by atoms with Gasteiger partial charge in [0.15, 0.2) is 0 Å². The zero-order valence-electron chi connectivity index (χ0n) is 20.7. The van der Waals surface area contributed by atoms with Gasteiger partial charge in [0.25, 0.3) is 10.0 Å². The minimum absolute atomic E-state index is 0.0122. The summed E-state index contributed by atoms with van der Waals surface area (Å²) in [7, 11) is -1.63. The number of anilines is 1. The number of nitrogens with zero attached hydrogens (tertiary/aromatic N) is 2. The molecule has 3 aromatic rings. The largest absolute Gasteiger partial charge is 0.350 e. The number of rotatable bonds is 5. The van der Waals surface area contributed by atoms with Gasteiger partial charge in [-0.05, 0) is 60.1 Å². The Bertz CT molecular complexity index is 1280. The van der Waals surface area contributed by atoms with Gasteiger partial charge in [0, 0.05) is 48.8 Å². The van der Waals surface area contributed by atoms with Crippen molar-refractivity contribution in [2.75, 3.05) is 17.8 Å². The molecule has 182 valence electrons. The molecule has 1 aromatic heterocycles. The van der Waals surface area contributed by atoms with Crippen LogP contribution in [-0.4, -0.2) is 36.9 Å². The summed E-state index contributed by atoms with van der Waals surface area (Å²) in [4.78, 5) is 15.2. The molecule has 34 heavy (non-hydrogen) atoms. The minimum atomic E-state index is -3.65. The molecular weight excluding hydrogens is 446 g/mol. The van der Waals surface area contributed by atoms with Crippen LogP contribution >= 0.6 is 0 Å². The van der Waals surface area contributed by atoms with Crippen LogP contribution in [0.15, 0.2) is 59.6 Å². The normalized spacial score (nSPS) is 16.6. The average Bonchev–Trinajstić information content (AvgIpc) is 3.13. The predicted molar refractivity (Wildman–Crippen MR) is 137 cm³/mol. The van der Waals surface area contributed by atoms with E-state index in [-0.39, 0.29) is 22.1 Å². The van der Waals surface area contributed by atoms with E-state index in [1.54, 1.807) is 30.3 Å². The lowest BCUT2D eigenvalue weighted by Gasteiger charge is -2.36. The number of carbonyl (C=O) groups excluding carboxylic acids is 1. The van der Waals surface area contributed by atoms with E-state index in [1.807, 2.05) is 37.1 Å². The molecule has 0 bridgehead atoms. The quantitative estimate of drug-likeness (QED) is 0.533. The summed E-state index contributed by atoms with van der Waals surface area (Å²) >= 11 is 0. The van der Waals surface area contributed by atoms with E-state index in [1.165, 1.54) is 5.56 Å². The molecule has 1 aliphatic rings. The van der Waals surface area contributed by atoms with Crippen molar-refractivity contribution in [3.8, 4) is 0 Å². The molecule has 1 N–H and O–H groups in total. The highest BCUT2D eigenvalue weighted by atomic mass is 32.2. The third-order valence-corrected chi connectivity index (χ3v) is 8.64. The number of fused-ring (bicyclic) bond motifs is 1. The van der Waals surface area contributed by atoms with Gasteiger partial charge in [-0.15, -0.1) is 0 Å². The van der Waals surface area contributed by atoms with Gasteiger partial charge in [-0.2, -0.15) is 0 Å². The Morgan fingerprint density at radius 2 is 1.71 bits per heavy atom. The third kappa shape index (κ3) is 4.85. The predicted octanol–water partition coefficient (Wildman–Crippen LogP) is 5.37. The van der Waals surface area contributed by atoms with Crippen molar-refractivity contribution in [1.29, 1.82) is 0 Å². The van der Waals surface area contributed by atoms with Crippen LogP contribution in [0.4, 0.5) is 5.69 Å². The zero-order chi connectivity index (χ0) is 24.7. The molecule has 6 nitrogen and oxygen atoms in total. The fourth-order valence-corrected chi connectivity index (χ4v) is 5.75. The number of benzene rings is 2. The highest BCUT2D eigenvalue weighted by molar-refractivity contribution is 7.92. The Kier molecular flexibility index (Phi) is 6.51. The van der Waals surface area contributed by atoms with Crippen LogP contribution in [0.1, 0.15) is 52.0 Å². The zero-order valence-corrected chi connectivity index (χ0v) is 21.5. The van der Waals surface area contributed by atoms with E-state index in [2.05, 4.69) is 36.3 Å². The third-order valence-electron chi connectivity index (χ3n) is 7.24. The lowest BCUT2D eigenvalue weighted by atomic mass is 9.80. The van der Waals surface area contributed by atoms with Gasteiger partial charge in [-0.1, -0.05) is 45.9 Å². The summed E-state index contributed by atoms with van der Waals surface area (Å²) in [5, 5.41) is 1.06. The molecule has 4 rings (SSSR count). The number of amides is 1. The molecule has 2 aromatic carbocycles. The van der Waals surface area contributed by atoms with Gasteiger partial charge < -0.3 is 9.47 Å². The lowest BCUT2D eigenvalue weighted by molar-refractivity contribution is -0.139. The number of nitrogens with one attached hydrogen (secondary N) is 1. The molecule has 0 unspecified atom stereocenters. The van der Waals surface area contributed by atoms with Crippen LogP contribution in [0, 0.1) is 11.3 Å². The number of sulfonamides is 1. The Hall–Kier alpha value is -2.80. The summed E-state index contributed by atoms with van der Waals surface area (Å²) < 4.78 is 30.4. The summed E-state index contributed by atoms with van der Waals surface area (Å²) in [5.74, 6) is 0.557. The second kappa shape index (κ2) is 9.10. The molecule has 1 atom stereocenters. The van der Waals surface area contributed by atoms with E-state index in [4.69, 9.17) is 0 Å². The van der Waals surface area contributed by atoms with Gasteiger partial charge in [-0.25, -0.2) is 8.42 Å². The first-order valence-corrected chi connectivity index (χ1v) is 13.4. The number of likely N-dealkylation sites (tertiary alicyclic amines) is 1. The molecule has 1 amide bonds. The van der Waals surface area contributed by atoms with Crippen LogP contribution in [0.2, 0.25) is 0 Å². The molecule has 1 saturated heterocycles. The van der Waals surface area contributed by atoms with Gasteiger partial charge in [0.05, 0.1) is 4.90 Å². The average molecular weight is 482 g/mol. The van der Waals surface area contributed by atoms with Gasteiger partial charge in [0.2, 0.25) is 5.91 Å². The molecule has 0 spiro atoms. The number of aryl methyl sites for hydroxylation is 1. The lowest BCUT2D eigenvalue weighted by Crippen LogP contribution is -2.43. The van der Waals surface area contributed by atoms with Gasteiger partial charge >= 0.3 is 0 Å². The van der Waals surface area contributed by atoms with E-state index >= 15 is 0 Å². The molecular formula is C27H35N3O3S. The topological polar surface area (TPSA) is 71.4 Å². The summed E-state index contributed by atoms with van der Waals surface area (Å²) in [6.45, 7) is 9.87. The minimum Gasteiger partial charge on any atom is -0.350 e. The Balaban J connectivity index is 1.55. The maximum absolute atomic E-state index is 13.0. The molecule has 2 heterocycles. The van der Waals surface area contributed by atoms with Gasteiger partial charge in [-0.3, -0.25) is 9.52 Å². The van der Waals surface area contributed by atoms with E-state index < -0.39 is 10.0 Å². The summed E-state index contributed by atoms with van der Waals surface area (Å²) in [6, 6.07) is 14.1. The number of piperidine rings is 1. The first-order valence-electron chi connectivity index (χ1n) is 11.9. The fourth-order valence-electron chi connectivity index (χ4n) is 4.68. The number of hydrogen-bond acceptors (Lipinski definition) is 3. The van der Waals surface area contributed by atoms with Crippen molar-refractivity contribution in [1.82, 2.24) is 9.47 Å². The van der Waals surface area contributed by atoms with Crippen molar-refractivity contribution < 1.29 is 13.2 Å². The molecule has 0 aliphatic carbocycles. The number of aromatic nitrogens is 1. The first kappa shape index (κ1) is 24.3. The SMILES string of the molecule is C[C@@H](C(=O)N1CCC(c2cn(C)c3ccc(NS(=O)(=O)c4ccccc4)cc23)CC1)C(C)(C)C. The smallest absolute Gasteiger partial charge is 0.261 e. The van der Waals surface area contributed by atoms with Crippen molar-refractivity contribution in [2.45, 2.75) is 51.3 Å². The summed E-state index contributed by atoms with van der Waals surface area (Å²) in [5.41, 5.74) is 2.79. The Morgan fingerprint density at radius 3 is 2.32 bits per heavy atom. The van der Waals surface area contributed by atoms with Crippen molar-refractivity contribution in [3.05, 3.63) is 60.3 Å². The highest BCUT2D eigenvalue weighted by Crippen LogP contribution is 2.37. The van der Waals surface area contributed by atoms with E-state index in [0.717, 1.165) is 36.8 Å². The molecule has 0 saturated carbocycles. The summed E-state index contributed by atoms with van der Waals surface area (Å²) in [6.07, 6.45) is 3.96. The monoisotopic (exact) mass is 481 g/mol. The number of carbonyl (C=O) groups is 1. The molecule has 7 heteroatoms. The van der Waals surface area contributed by atoms with E-state index in [9.17, 15) is 13.2 Å². The molecule has 0 radical (unpaired) electrons. The fraction of sp³-hybridized carbons (Fsp3) is 0.444. The van der Waals surface area contributed by atoms with Crippen molar-refractivity contribution in [2.24, 2.45) is 18.4 Å². The maximum Gasteiger partial charge on any atom is 0.261 e. The van der Waals surface area contributed by atoms with Crippen LogP contribution in [0.5, 0.6) is 0 Å². The highest BCUT2D eigenvalue weighted by Gasteiger charge is 2.33. The van der Waals surface area contributed by atoms with Crippen LogP contribution < -0.4 is 4.72 Å². The second-order valence-corrected chi connectivity index (χ2v) is 12.2. The Morgan fingerprint density at radius 1 is 1.06 bits per heavy atom. The van der Waals surface area contributed by atoms with Crippen molar-refractivity contribution >= 4 is 32.5 Å². The molecule has 1 aliphatic heterocycles. The van der Waals surface area contributed by atoms with Crippen LogP contribution in [-0.2, 0) is 21.9 Å². The van der Waals surface area contributed by atoms with Crippen molar-refractivity contribution in [3.63, 3.8) is 0 Å². The second-order valence-electron chi connectivity index (χ2n) is 10.5. The molecule has 1 fully saturated rings. The van der Waals surface area contributed by atoms with Crippen LogP contribution in [0.3, 0.4) is 0 Å². The first-order chi connectivity index (χ1) is 16.0.